The van der Waals surface area contributed by atoms with Gasteiger partial charge in [0.15, 0.2) is 5.82 Å². The maximum Gasteiger partial charge on any atom is 0.258 e. The van der Waals surface area contributed by atoms with E-state index in [-0.39, 0.29) is 5.91 Å². The van der Waals surface area contributed by atoms with E-state index in [9.17, 15) is 13.6 Å². The van der Waals surface area contributed by atoms with Crippen molar-refractivity contribution in [3.8, 4) is 0 Å². The van der Waals surface area contributed by atoms with Gasteiger partial charge in [0.05, 0.1) is 17.7 Å². The number of methoxy groups -OCH3 is 1. The molecular formula is C30H34F2N6O2. The van der Waals surface area contributed by atoms with Crippen molar-refractivity contribution in [2.45, 2.75) is 12.8 Å². The number of nitrogens with one attached hydrogen (secondary N) is 3. The Bertz CT molecular complexity index is 1460. The molecule has 0 radical (unpaired) electrons. The van der Waals surface area contributed by atoms with Crippen molar-refractivity contribution in [1.29, 1.82) is 0 Å². The zero-order valence-electron chi connectivity index (χ0n) is 22.8. The molecule has 1 aliphatic rings. The van der Waals surface area contributed by atoms with Crippen LogP contribution in [0.2, 0.25) is 0 Å². The quantitative estimate of drug-likeness (QED) is 0.250. The number of halogens is 2. The monoisotopic (exact) mass is 548 g/mol. The summed E-state index contributed by atoms with van der Waals surface area (Å²) in [4.78, 5) is 18.1. The number of benzene rings is 3. The lowest BCUT2D eigenvalue weighted by atomic mass is 10.0. The normalized spacial score (nSPS) is 14.1. The van der Waals surface area contributed by atoms with Crippen LogP contribution in [0.25, 0.3) is 10.9 Å². The number of hydrogen-bond donors (Lipinski definition) is 3. The molecule has 1 saturated heterocycles. The van der Waals surface area contributed by atoms with Crippen molar-refractivity contribution in [3.63, 3.8) is 0 Å². The third-order valence-corrected chi connectivity index (χ3v) is 7.22. The number of carbonyl (C=O) groups excluding carboxylic acids is 1. The van der Waals surface area contributed by atoms with Crippen LogP contribution in [0.3, 0.4) is 0 Å². The van der Waals surface area contributed by atoms with E-state index in [2.05, 4.69) is 37.7 Å². The van der Waals surface area contributed by atoms with Crippen LogP contribution in [-0.4, -0.2) is 74.5 Å². The minimum absolute atomic E-state index is 0.279. The number of ether oxygens (including phenoxy) is 1. The molecule has 0 spiro atoms. The molecule has 0 unspecified atom stereocenters. The fourth-order valence-corrected chi connectivity index (χ4v) is 4.96. The minimum atomic E-state index is -0.585. The van der Waals surface area contributed by atoms with Crippen LogP contribution in [-0.2, 0) is 17.6 Å². The standard InChI is InChI=1S/C30H34F2N6O2/c1-37-10-12-38(13-11-37)24-6-7-25(28(19-24)33-9-14-40-2)30(39)34-29-26-17-20(5-8-27(26)35-36-29)3-4-21-15-22(31)18-23(32)16-21/h5-8,15-19,33H,3-4,9-14H2,1-2H3,(H2,34,35,36,39). The SMILES string of the molecule is COCCNc1cc(N2CCN(C)CC2)ccc1C(=O)Nc1n[nH]c2ccc(CCc3cc(F)cc(F)c3)cc12. The van der Waals surface area contributed by atoms with Gasteiger partial charge in [0.1, 0.15) is 11.6 Å². The Hall–Kier alpha value is -4.02. The molecule has 8 nitrogen and oxygen atoms in total. The predicted octanol–water partition coefficient (Wildman–Crippen LogP) is 4.69. The molecule has 2 heterocycles. The molecule has 1 aromatic heterocycles. The number of aromatic amines is 1. The number of fused-ring (bicyclic) bond motifs is 1. The molecule has 5 rings (SSSR count). The second-order valence-corrected chi connectivity index (χ2v) is 10.1. The summed E-state index contributed by atoms with van der Waals surface area (Å²) in [6.45, 7) is 4.90. The highest BCUT2D eigenvalue weighted by atomic mass is 19.1. The number of rotatable bonds is 10. The van der Waals surface area contributed by atoms with Crippen molar-refractivity contribution in [2.75, 3.05) is 69.0 Å². The van der Waals surface area contributed by atoms with Gasteiger partial charge in [0.25, 0.3) is 5.91 Å². The summed E-state index contributed by atoms with van der Waals surface area (Å²) in [6.07, 6.45) is 1.06. The number of aryl methyl sites for hydroxylation is 2. The summed E-state index contributed by atoms with van der Waals surface area (Å²) in [5.41, 5.74) is 4.64. The fourth-order valence-electron chi connectivity index (χ4n) is 4.96. The summed E-state index contributed by atoms with van der Waals surface area (Å²) >= 11 is 0. The van der Waals surface area contributed by atoms with E-state index in [1.54, 1.807) is 7.11 Å². The number of hydrogen-bond acceptors (Lipinski definition) is 6. The molecule has 0 atom stereocenters. The average Bonchev–Trinajstić information content (AvgIpc) is 3.33. The van der Waals surface area contributed by atoms with Crippen molar-refractivity contribution in [2.24, 2.45) is 0 Å². The van der Waals surface area contributed by atoms with Crippen LogP contribution in [0.4, 0.5) is 26.0 Å². The molecular weight excluding hydrogens is 514 g/mol. The summed E-state index contributed by atoms with van der Waals surface area (Å²) in [5, 5.41) is 14.4. The maximum absolute atomic E-state index is 13.6. The number of anilines is 3. The molecule has 1 fully saturated rings. The van der Waals surface area contributed by atoms with Gasteiger partial charge >= 0.3 is 0 Å². The van der Waals surface area contributed by atoms with Gasteiger partial charge in [0.2, 0.25) is 0 Å². The number of likely N-dealkylation sites (N-methyl/N-ethyl adjacent to an activating group) is 1. The van der Waals surface area contributed by atoms with E-state index in [0.717, 1.165) is 60.1 Å². The van der Waals surface area contributed by atoms with Gasteiger partial charge in [-0.25, -0.2) is 8.78 Å². The highest BCUT2D eigenvalue weighted by molar-refractivity contribution is 6.11. The molecule has 0 bridgehead atoms. The number of aromatic nitrogens is 2. The highest BCUT2D eigenvalue weighted by Crippen LogP contribution is 2.28. The average molecular weight is 549 g/mol. The first-order chi connectivity index (χ1) is 19.4. The van der Waals surface area contributed by atoms with E-state index in [4.69, 9.17) is 4.74 Å². The van der Waals surface area contributed by atoms with Gasteiger partial charge in [-0.1, -0.05) is 6.07 Å². The maximum atomic E-state index is 13.6. The van der Waals surface area contributed by atoms with E-state index in [1.165, 1.54) is 12.1 Å². The molecule has 210 valence electrons. The second kappa shape index (κ2) is 12.4. The molecule has 3 N–H and O–H groups in total. The van der Waals surface area contributed by atoms with Crippen LogP contribution < -0.4 is 15.5 Å². The van der Waals surface area contributed by atoms with Gasteiger partial charge in [0, 0.05) is 62.7 Å². The number of nitrogens with zero attached hydrogens (tertiary/aromatic N) is 3. The van der Waals surface area contributed by atoms with Gasteiger partial charge in [-0.05, 0) is 73.5 Å². The Morgan fingerprint density at radius 1 is 0.975 bits per heavy atom. The molecule has 4 aromatic rings. The van der Waals surface area contributed by atoms with Gasteiger partial charge < -0.3 is 25.2 Å². The zero-order chi connectivity index (χ0) is 28.1. The van der Waals surface area contributed by atoms with Crippen molar-refractivity contribution < 1.29 is 18.3 Å². The van der Waals surface area contributed by atoms with Crippen LogP contribution in [0.5, 0.6) is 0 Å². The number of amides is 1. The Balaban J connectivity index is 1.34. The van der Waals surface area contributed by atoms with Gasteiger partial charge in [-0.3, -0.25) is 9.89 Å². The number of carbonyl (C=O) groups is 1. The smallest absolute Gasteiger partial charge is 0.258 e. The van der Waals surface area contributed by atoms with Crippen molar-refractivity contribution in [1.82, 2.24) is 15.1 Å². The minimum Gasteiger partial charge on any atom is -0.383 e. The first-order valence-electron chi connectivity index (χ1n) is 13.4. The summed E-state index contributed by atoms with van der Waals surface area (Å²) < 4.78 is 32.3. The van der Waals surface area contributed by atoms with E-state index in [0.29, 0.717) is 42.9 Å². The zero-order valence-corrected chi connectivity index (χ0v) is 22.8. The fraction of sp³-hybridized carbons (Fsp3) is 0.333. The Morgan fingerprint density at radius 3 is 2.48 bits per heavy atom. The Kier molecular flexibility index (Phi) is 8.57. The van der Waals surface area contributed by atoms with Gasteiger partial charge in [-0.2, -0.15) is 5.10 Å². The third-order valence-electron chi connectivity index (χ3n) is 7.22. The van der Waals surface area contributed by atoms with E-state index < -0.39 is 11.6 Å². The second-order valence-electron chi connectivity index (χ2n) is 10.1. The first-order valence-corrected chi connectivity index (χ1v) is 13.4. The van der Waals surface area contributed by atoms with Crippen molar-refractivity contribution in [3.05, 3.63) is 82.9 Å². The molecule has 1 aliphatic heterocycles. The first kappa shape index (κ1) is 27.5. The summed E-state index contributed by atoms with van der Waals surface area (Å²) in [7, 11) is 3.76. The topological polar surface area (TPSA) is 85.5 Å². The molecule has 40 heavy (non-hydrogen) atoms. The van der Waals surface area contributed by atoms with Crippen LogP contribution >= 0.6 is 0 Å². The lowest BCUT2D eigenvalue weighted by Gasteiger charge is -2.34. The Labute approximate surface area is 232 Å². The molecule has 10 heteroatoms. The van der Waals surface area contributed by atoms with E-state index in [1.807, 2.05) is 36.4 Å². The lowest BCUT2D eigenvalue weighted by Crippen LogP contribution is -2.44. The van der Waals surface area contributed by atoms with Crippen LogP contribution in [0.15, 0.2) is 54.6 Å². The highest BCUT2D eigenvalue weighted by Gasteiger charge is 2.19. The summed E-state index contributed by atoms with van der Waals surface area (Å²) in [6, 6.07) is 15.2. The molecule has 1 amide bonds. The third kappa shape index (κ3) is 6.57. The molecule has 0 aliphatic carbocycles. The number of H-pyrrole nitrogens is 1. The lowest BCUT2D eigenvalue weighted by molar-refractivity contribution is 0.102. The number of piperazine rings is 1. The summed E-state index contributed by atoms with van der Waals surface area (Å²) in [5.74, 6) is -1.03. The largest absolute Gasteiger partial charge is 0.383 e. The van der Waals surface area contributed by atoms with Crippen LogP contribution in [0.1, 0.15) is 21.5 Å². The predicted molar refractivity (Wildman–Crippen MR) is 154 cm³/mol. The Morgan fingerprint density at radius 2 is 1.73 bits per heavy atom. The van der Waals surface area contributed by atoms with Gasteiger partial charge in [-0.15, -0.1) is 0 Å². The molecule has 3 aromatic carbocycles. The van der Waals surface area contributed by atoms with E-state index >= 15 is 0 Å². The van der Waals surface area contributed by atoms with Crippen LogP contribution in [0, 0.1) is 11.6 Å². The molecule has 0 saturated carbocycles. The van der Waals surface area contributed by atoms with Crippen molar-refractivity contribution >= 4 is 34.0 Å².